The molecule has 1 aromatic heterocycles. The van der Waals surface area contributed by atoms with E-state index in [0.717, 1.165) is 0 Å². The summed E-state index contributed by atoms with van der Waals surface area (Å²) in [5.74, 6) is 0.584. The Morgan fingerprint density at radius 3 is 2.42 bits per heavy atom. The lowest BCUT2D eigenvalue weighted by atomic mass is 10.2. The maximum atomic E-state index is 12.9. The van der Waals surface area contributed by atoms with Gasteiger partial charge in [-0.2, -0.15) is 0 Å². The van der Waals surface area contributed by atoms with Crippen molar-refractivity contribution >= 4 is 21.6 Å². The lowest BCUT2D eigenvalue weighted by Crippen LogP contribution is -2.42. The van der Waals surface area contributed by atoms with Crippen LogP contribution >= 0.6 is 0 Å². The van der Waals surface area contributed by atoms with Crippen LogP contribution in [0.3, 0.4) is 0 Å². The number of carbonyl (C=O) groups excluding carboxylic acids is 1. The molecule has 0 aliphatic carbocycles. The monoisotopic (exact) mass is 379 g/mol. The number of benzene rings is 1. The van der Waals surface area contributed by atoms with Gasteiger partial charge in [0.05, 0.1) is 23.4 Å². The van der Waals surface area contributed by atoms with Crippen molar-refractivity contribution in [3.8, 4) is 11.6 Å². The number of ether oxygens (including phenoxy) is 1. The van der Waals surface area contributed by atoms with E-state index in [0.29, 0.717) is 30.2 Å². The van der Waals surface area contributed by atoms with E-state index in [2.05, 4.69) is 15.6 Å². The van der Waals surface area contributed by atoms with Gasteiger partial charge in [0.25, 0.3) is 0 Å². The average molecular weight is 379 g/mol. The zero-order chi connectivity index (χ0) is 18.6. The molecule has 1 aliphatic rings. The minimum absolute atomic E-state index is 0.0922. The summed E-state index contributed by atoms with van der Waals surface area (Å²) in [5, 5.41) is 5.40. The molecule has 2 amide bonds. The number of aromatic nitrogens is 1. The van der Waals surface area contributed by atoms with E-state index in [1.807, 2.05) is 0 Å². The zero-order valence-electron chi connectivity index (χ0n) is 13.8. The van der Waals surface area contributed by atoms with Gasteiger partial charge in [-0.25, -0.2) is 22.6 Å². The van der Waals surface area contributed by atoms with Crippen molar-refractivity contribution in [3.63, 3.8) is 0 Å². The van der Waals surface area contributed by atoms with Crippen LogP contribution in [-0.2, 0) is 9.84 Å². The van der Waals surface area contributed by atoms with E-state index < -0.39 is 15.9 Å². The van der Waals surface area contributed by atoms with Crippen LogP contribution in [0.4, 0.5) is 14.9 Å². The highest BCUT2D eigenvalue weighted by molar-refractivity contribution is 7.91. The van der Waals surface area contributed by atoms with Gasteiger partial charge in [0.15, 0.2) is 0 Å². The summed E-state index contributed by atoms with van der Waals surface area (Å²) < 4.78 is 41.1. The van der Waals surface area contributed by atoms with Gasteiger partial charge in [-0.1, -0.05) is 0 Å². The van der Waals surface area contributed by atoms with Gasteiger partial charge in [-0.05, 0) is 43.2 Å². The van der Waals surface area contributed by atoms with E-state index in [-0.39, 0.29) is 23.4 Å². The molecule has 2 heterocycles. The van der Waals surface area contributed by atoms with Crippen LogP contribution in [0.5, 0.6) is 11.6 Å². The Labute approximate surface area is 150 Å². The standard InChI is InChI=1S/C17H18FN3O4S/c18-12-1-4-15(5-2-12)25-16-6-3-14(11-19-16)21-17(22)20-13-7-9-26(23,24)10-8-13/h1-6,11,13H,7-10H2,(H2,20,21,22). The second kappa shape index (κ2) is 7.69. The zero-order valence-corrected chi connectivity index (χ0v) is 14.6. The number of nitrogens with one attached hydrogen (secondary N) is 2. The Balaban J connectivity index is 1.50. The highest BCUT2D eigenvalue weighted by atomic mass is 32.2. The van der Waals surface area contributed by atoms with Crippen molar-refractivity contribution in [1.82, 2.24) is 10.3 Å². The first-order valence-electron chi connectivity index (χ1n) is 8.07. The van der Waals surface area contributed by atoms with Gasteiger partial charge in [-0.15, -0.1) is 0 Å². The largest absolute Gasteiger partial charge is 0.439 e. The smallest absolute Gasteiger partial charge is 0.319 e. The SMILES string of the molecule is O=C(Nc1ccc(Oc2ccc(F)cc2)nc1)NC1CCS(=O)(=O)CC1. The van der Waals surface area contributed by atoms with E-state index in [4.69, 9.17) is 4.74 Å². The molecule has 3 rings (SSSR count). The summed E-state index contributed by atoms with van der Waals surface area (Å²) in [6.45, 7) is 0. The molecule has 7 nitrogen and oxygen atoms in total. The molecule has 0 unspecified atom stereocenters. The Morgan fingerprint density at radius 1 is 1.12 bits per heavy atom. The van der Waals surface area contributed by atoms with E-state index in [1.54, 1.807) is 12.1 Å². The van der Waals surface area contributed by atoms with Crippen LogP contribution in [0.15, 0.2) is 42.6 Å². The van der Waals surface area contributed by atoms with Gasteiger partial charge < -0.3 is 15.4 Å². The van der Waals surface area contributed by atoms with Crippen molar-refractivity contribution in [2.24, 2.45) is 0 Å². The molecule has 138 valence electrons. The van der Waals surface area contributed by atoms with Crippen molar-refractivity contribution in [1.29, 1.82) is 0 Å². The lowest BCUT2D eigenvalue weighted by Gasteiger charge is -2.23. The molecule has 1 fully saturated rings. The van der Waals surface area contributed by atoms with E-state index in [1.165, 1.54) is 30.5 Å². The molecule has 0 saturated carbocycles. The van der Waals surface area contributed by atoms with E-state index >= 15 is 0 Å². The Hall–Kier alpha value is -2.68. The fraction of sp³-hybridized carbons (Fsp3) is 0.294. The summed E-state index contributed by atoms with van der Waals surface area (Å²) in [7, 11) is -2.96. The van der Waals surface area contributed by atoms with Crippen LogP contribution in [0.2, 0.25) is 0 Å². The number of anilines is 1. The Bertz CT molecular complexity index is 856. The molecular formula is C17H18FN3O4S. The lowest BCUT2D eigenvalue weighted by molar-refractivity contribution is 0.247. The van der Waals surface area contributed by atoms with Gasteiger partial charge in [-0.3, -0.25) is 0 Å². The van der Waals surface area contributed by atoms with E-state index in [9.17, 15) is 17.6 Å². The minimum Gasteiger partial charge on any atom is -0.439 e. The number of carbonyl (C=O) groups is 1. The van der Waals surface area contributed by atoms with Gasteiger partial charge in [0, 0.05) is 12.1 Å². The first-order valence-corrected chi connectivity index (χ1v) is 9.89. The third kappa shape index (κ3) is 5.16. The molecule has 26 heavy (non-hydrogen) atoms. The maximum absolute atomic E-state index is 12.9. The number of nitrogens with zero attached hydrogens (tertiary/aromatic N) is 1. The van der Waals surface area contributed by atoms with Crippen molar-refractivity contribution in [2.45, 2.75) is 18.9 Å². The number of urea groups is 1. The summed E-state index contributed by atoms with van der Waals surface area (Å²) >= 11 is 0. The summed E-state index contributed by atoms with van der Waals surface area (Å²) in [6, 6.07) is 8.17. The fourth-order valence-electron chi connectivity index (χ4n) is 2.52. The molecule has 9 heteroatoms. The highest BCUT2D eigenvalue weighted by Crippen LogP contribution is 2.20. The molecular weight excluding hydrogens is 361 g/mol. The van der Waals surface area contributed by atoms with Gasteiger partial charge in [0.2, 0.25) is 5.88 Å². The molecule has 0 spiro atoms. The second-order valence-electron chi connectivity index (χ2n) is 5.97. The van der Waals surface area contributed by atoms with Crippen molar-refractivity contribution < 1.29 is 22.3 Å². The average Bonchev–Trinajstić information content (AvgIpc) is 2.60. The van der Waals surface area contributed by atoms with Crippen LogP contribution in [0.25, 0.3) is 0 Å². The normalized spacial score (nSPS) is 16.7. The number of rotatable bonds is 4. The number of hydrogen-bond acceptors (Lipinski definition) is 5. The molecule has 1 saturated heterocycles. The summed E-state index contributed by atoms with van der Waals surface area (Å²) in [6.07, 6.45) is 2.26. The van der Waals surface area contributed by atoms with Crippen LogP contribution in [0.1, 0.15) is 12.8 Å². The second-order valence-corrected chi connectivity index (χ2v) is 8.27. The number of pyridine rings is 1. The summed E-state index contributed by atoms with van der Waals surface area (Å²) in [4.78, 5) is 16.1. The van der Waals surface area contributed by atoms with Crippen LogP contribution < -0.4 is 15.4 Å². The van der Waals surface area contributed by atoms with Crippen LogP contribution in [-0.4, -0.2) is 37.0 Å². The Morgan fingerprint density at radius 2 is 1.81 bits per heavy atom. The predicted molar refractivity (Wildman–Crippen MR) is 94.5 cm³/mol. The maximum Gasteiger partial charge on any atom is 0.319 e. The molecule has 2 aromatic rings. The third-order valence-corrected chi connectivity index (χ3v) is 5.64. The fourth-order valence-corrected chi connectivity index (χ4v) is 4.02. The first kappa shape index (κ1) is 18.1. The summed E-state index contributed by atoms with van der Waals surface area (Å²) in [5.41, 5.74) is 0.470. The molecule has 2 N–H and O–H groups in total. The van der Waals surface area contributed by atoms with Crippen molar-refractivity contribution in [3.05, 3.63) is 48.4 Å². The first-order chi connectivity index (χ1) is 12.4. The van der Waals surface area contributed by atoms with Gasteiger partial charge >= 0.3 is 6.03 Å². The quantitative estimate of drug-likeness (QED) is 0.851. The number of halogens is 1. The molecule has 0 atom stereocenters. The number of amides is 2. The number of hydrogen-bond donors (Lipinski definition) is 2. The number of sulfone groups is 1. The van der Waals surface area contributed by atoms with Gasteiger partial charge in [0.1, 0.15) is 21.4 Å². The third-order valence-electron chi connectivity index (χ3n) is 3.92. The molecule has 1 aliphatic heterocycles. The van der Waals surface area contributed by atoms with Crippen LogP contribution in [0, 0.1) is 5.82 Å². The van der Waals surface area contributed by atoms with Crippen molar-refractivity contribution in [2.75, 3.05) is 16.8 Å². The highest BCUT2D eigenvalue weighted by Gasteiger charge is 2.24. The topological polar surface area (TPSA) is 97.4 Å². The molecule has 0 radical (unpaired) electrons. The molecule has 1 aromatic carbocycles. The molecule has 0 bridgehead atoms. The minimum atomic E-state index is -2.96. The predicted octanol–water partition coefficient (Wildman–Crippen LogP) is 2.71. The Kier molecular flexibility index (Phi) is 5.36.